The van der Waals surface area contributed by atoms with Crippen LogP contribution in [0.1, 0.15) is 5.82 Å². The molecule has 0 aliphatic rings. The Hall–Kier alpha value is -2.15. The molecule has 3 aromatic rings. The Bertz CT molecular complexity index is 703. The number of para-hydroxylation sites is 1. The van der Waals surface area contributed by atoms with Gasteiger partial charge in [0.1, 0.15) is 0 Å². The van der Waals surface area contributed by atoms with E-state index in [2.05, 4.69) is 15.3 Å². The van der Waals surface area contributed by atoms with Gasteiger partial charge in [-0.05, 0) is 19.1 Å². The molecule has 0 saturated heterocycles. The van der Waals surface area contributed by atoms with Gasteiger partial charge in [-0.1, -0.05) is 17.4 Å². The number of aryl methyl sites for hydroxylation is 1. The smallest absolute Gasteiger partial charge is 0.234 e. The van der Waals surface area contributed by atoms with Crippen molar-refractivity contribution < 1.29 is 10.2 Å². The Morgan fingerprint density at radius 2 is 2.06 bits per heavy atom. The average Bonchev–Trinajstić information content (AvgIpc) is 2.85. The highest BCUT2D eigenvalue weighted by atomic mass is 32.1. The van der Waals surface area contributed by atoms with Gasteiger partial charge in [-0.2, -0.15) is 9.61 Å². The van der Waals surface area contributed by atoms with Gasteiger partial charge < -0.3 is 10.2 Å². The Morgan fingerprint density at radius 1 is 1.24 bits per heavy atom. The van der Waals surface area contributed by atoms with Gasteiger partial charge in [0.25, 0.3) is 0 Å². The van der Waals surface area contributed by atoms with Crippen molar-refractivity contribution in [2.75, 3.05) is 0 Å². The van der Waals surface area contributed by atoms with Crippen LogP contribution < -0.4 is 0 Å². The van der Waals surface area contributed by atoms with Crippen LogP contribution in [0.4, 0.5) is 0 Å². The number of phenols is 2. The number of benzene rings is 1. The molecule has 0 saturated carbocycles. The normalized spacial score (nSPS) is 11.1. The van der Waals surface area contributed by atoms with Crippen molar-refractivity contribution in [3.8, 4) is 22.1 Å². The van der Waals surface area contributed by atoms with E-state index in [1.807, 2.05) is 0 Å². The number of hydrogen-bond donors (Lipinski definition) is 2. The number of phenolic OH excluding ortho intramolecular Hbond substituents is 2. The van der Waals surface area contributed by atoms with E-state index in [0.29, 0.717) is 21.4 Å². The summed E-state index contributed by atoms with van der Waals surface area (Å²) in [6.07, 6.45) is 0. The summed E-state index contributed by atoms with van der Waals surface area (Å²) in [5.41, 5.74) is 0.486. The second-order valence-electron chi connectivity index (χ2n) is 3.52. The minimum Gasteiger partial charge on any atom is -0.504 e. The largest absolute Gasteiger partial charge is 0.504 e. The van der Waals surface area contributed by atoms with Gasteiger partial charge in [-0.3, -0.25) is 0 Å². The van der Waals surface area contributed by atoms with Crippen molar-refractivity contribution in [2.45, 2.75) is 6.92 Å². The third-order valence-corrected chi connectivity index (χ3v) is 3.32. The minimum absolute atomic E-state index is 0.162. The zero-order valence-electron chi connectivity index (χ0n) is 8.82. The van der Waals surface area contributed by atoms with Gasteiger partial charge in [0, 0.05) is 0 Å². The van der Waals surface area contributed by atoms with Gasteiger partial charge >= 0.3 is 0 Å². The lowest BCUT2D eigenvalue weighted by atomic mass is 10.2. The summed E-state index contributed by atoms with van der Waals surface area (Å²) in [6, 6.07) is 4.76. The molecule has 0 radical (unpaired) electrons. The van der Waals surface area contributed by atoms with Gasteiger partial charge in [0.2, 0.25) is 4.96 Å². The van der Waals surface area contributed by atoms with Gasteiger partial charge in [-0.15, -0.1) is 10.2 Å². The predicted octanol–water partition coefficient (Wildman–Crippen LogP) is 1.57. The second kappa shape index (κ2) is 3.42. The van der Waals surface area contributed by atoms with E-state index >= 15 is 0 Å². The number of fused-ring (bicyclic) bond motifs is 1. The topological polar surface area (TPSA) is 83.5 Å². The second-order valence-corrected chi connectivity index (χ2v) is 4.48. The first kappa shape index (κ1) is 10.0. The summed E-state index contributed by atoms with van der Waals surface area (Å²) < 4.78 is 1.60. The Morgan fingerprint density at radius 3 is 2.82 bits per heavy atom. The van der Waals surface area contributed by atoms with E-state index in [4.69, 9.17) is 0 Å². The highest BCUT2D eigenvalue weighted by Gasteiger charge is 2.15. The molecule has 17 heavy (non-hydrogen) atoms. The van der Waals surface area contributed by atoms with Gasteiger partial charge in [-0.25, -0.2) is 0 Å². The van der Waals surface area contributed by atoms with Crippen LogP contribution in [0.2, 0.25) is 0 Å². The molecule has 6 nitrogen and oxygen atoms in total. The molecular formula is C10H8N4O2S. The van der Waals surface area contributed by atoms with Crippen LogP contribution in [0, 0.1) is 6.92 Å². The van der Waals surface area contributed by atoms with Crippen molar-refractivity contribution in [3.05, 3.63) is 24.0 Å². The van der Waals surface area contributed by atoms with Crippen LogP contribution in [0.25, 0.3) is 15.5 Å². The lowest BCUT2D eigenvalue weighted by Gasteiger charge is -2.01. The molecule has 1 aromatic carbocycles. The van der Waals surface area contributed by atoms with Crippen molar-refractivity contribution in [1.82, 2.24) is 19.8 Å². The van der Waals surface area contributed by atoms with Crippen molar-refractivity contribution >= 4 is 16.3 Å². The summed E-state index contributed by atoms with van der Waals surface area (Å²) in [5, 5.41) is 31.9. The lowest BCUT2D eigenvalue weighted by molar-refractivity contribution is 0.405. The average molecular weight is 248 g/mol. The van der Waals surface area contributed by atoms with E-state index in [-0.39, 0.29) is 11.5 Å². The molecule has 0 amide bonds. The summed E-state index contributed by atoms with van der Waals surface area (Å²) in [4.78, 5) is 0.653. The van der Waals surface area contributed by atoms with E-state index < -0.39 is 0 Å². The van der Waals surface area contributed by atoms with Crippen molar-refractivity contribution in [3.63, 3.8) is 0 Å². The molecule has 2 heterocycles. The van der Waals surface area contributed by atoms with Crippen LogP contribution in [0.5, 0.6) is 11.5 Å². The van der Waals surface area contributed by atoms with Gasteiger partial charge in [0.15, 0.2) is 22.3 Å². The van der Waals surface area contributed by atoms with E-state index in [1.165, 1.54) is 17.4 Å². The monoisotopic (exact) mass is 248 g/mol. The molecule has 0 spiro atoms. The lowest BCUT2D eigenvalue weighted by Crippen LogP contribution is -1.88. The summed E-state index contributed by atoms with van der Waals surface area (Å²) in [7, 11) is 0. The highest BCUT2D eigenvalue weighted by Crippen LogP contribution is 2.37. The van der Waals surface area contributed by atoms with Crippen LogP contribution in [0.3, 0.4) is 0 Å². The molecule has 0 fully saturated rings. The van der Waals surface area contributed by atoms with Crippen molar-refractivity contribution in [1.29, 1.82) is 0 Å². The zero-order chi connectivity index (χ0) is 12.0. The van der Waals surface area contributed by atoms with Gasteiger partial charge in [0.05, 0.1) is 5.56 Å². The van der Waals surface area contributed by atoms with E-state index in [0.717, 1.165) is 0 Å². The first-order chi connectivity index (χ1) is 8.16. The summed E-state index contributed by atoms with van der Waals surface area (Å²) >= 11 is 1.30. The third kappa shape index (κ3) is 1.43. The molecule has 0 aliphatic heterocycles. The van der Waals surface area contributed by atoms with Crippen LogP contribution in [0.15, 0.2) is 18.2 Å². The molecule has 7 heteroatoms. The SMILES string of the molecule is Cc1nnc2sc(-c3cccc(O)c3O)nn12. The van der Waals surface area contributed by atoms with E-state index in [9.17, 15) is 10.2 Å². The first-order valence-electron chi connectivity index (χ1n) is 4.87. The fourth-order valence-corrected chi connectivity index (χ4v) is 2.44. The van der Waals surface area contributed by atoms with Crippen LogP contribution >= 0.6 is 11.3 Å². The maximum Gasteiger partial charge on any atom is 0.234 e. The molecule has 2 N–H and O–H groups in total. The number of nitrogens with zero attached hydrogens (tertiary/aromatic N) is 4. The number of aromatic hydroxyl groups is 2. The molecule has 3 rings (SSSR count). The fraction of sp³-hybridized carbons (Fsp3) is 0.100. The Labute approximate surface area is 99.8 Å². The van der Waals surface area contributed by atoms with E-state index in [1.54, 1.807) is 23.6 Å². The molecule has 0 aliphatic carbocycles. The summed E-state index contributed by atoms with van der Waals surface area (Å²) in [6.45, 7) is 1.80. The quantitative estimate of drug-likeness (QED) is 0.639. The Balaban J connectivity index is 2.23. The third-order valence-electron chi connectivity index (χ3n) is 2.39. The fourth-order valence-electron chi connectivity index (χ4n) is 1.53. The molecular weight excluding hydrogens is 240 g/mol. The maximum absolute atomic E-state index is 9.75. The molecule has 0 atom stereocenters. The number of hydrogen-bond acceptors (Lipinski definition) is 6. The van der Waals surface area contributed by atoms with Crippen LogP contribution in [-0.4, -0.2) is 30.0 Å². The number of rotatable bonds is 1. The first-order valence-corrected chi connectivity index (χ1v) is 5.68. The number of aromatic nitrogens is 4. The molecule has 2 aromatic heterocycles. The maximum atomic E-state index is 9.75. The predicted molar refractivity (Wildman–Crippen MR) is 62.2 cm³/mol. The van der Waals surface area contributed by atoms with Crippen LogP contribution in [-0.2, 0) is 0 Å². The highest BCUT2D eigenvalue weighted by molar-refractivity contribution is 7.19. The van der Waals surface area contributed by atoms with Crippen molar-refractivity contribution in [2.24, 2.45) is 0 Å². The minimum atomic E-state index is -0.171. The standard InChI is InChI=1S/C10H8N4O2S/c1-5-11-12-10-14(5)13-9(17-10)6-3-2-4-7(15)8(6)16/h2-4,15-16H,1H3. The Kier molecular flexibility index (Phi) is 2.02. The molecule has 0 bridgehead atoms. The summed E-state index contributed by atoms with van der Waals surface area (Å²) in [5.74, 6) is 0.349. The molecule has 0 unspecified atom stereocenters. The molecule has 86 valence electrons. The zero-order valence-corrected chi connectivity index (χ0v) is 9.64.